The number of fused-ring (bicyclic) bond motifs is 1. The van der Waals surface area contributed by atoms with Gasteiger partial charge in [0.1, 0.15) is 5.78 Å². The zero-order chi connectivity index (χ0) is 17.8. The molecule has 7 atom stereocenters. The van der Waals surface area contributed by atoms with Crippen LogP contribution in [0.5, 0.6) is 0 Å². The third-order valence-corrected chi connectivity index (χ3v) is 9.62. The van der Waals surface area contributed by atoms with Crippen LogP contribution in [-0.4, -0.2) is 5.78 Å². The predicted octanol–water partition coefficient (Wildman–Crippen LogP) is 5.96. The molecule has 0 saturated heterocycles. The molecule has 0 aromatic rings. The molecule has 0 aromatic carbocycles. The van der Waals surface area contributed by atoms with Gasteiger partial charge < -0.3 is 0 Å². The van der Waals surface area contributed by atoms with Crippen LogP contribution in [0.15, 0.2) is 23.3 Å². The van der Waals surface area contributed by atoms with Crippen LogP contribution in [0.1, 0.15) is 73.1 Å². The number of Topliss-reactive ketones (excluding diaryl/α,β-unsaturated/α-hetero) is 1. The van der Waals surface area contributed by atoms with E-state index in [0.29, 0.717) is 35.4 Å². The maximum atomic E-state index is 13.9. The van der Waals surface area contributed by atoms with Crippen molar-refractivity contribution in [2.45, 2.75) is 73.1 Å². The second kappa shape index (κ2) is 4.70. The molecule has 1 nitrogen and oxygen atoms in total. The lowest BCUT2D eigenvalue weighted by Crippen LogP contribution is -2.68. The first-order valence-electron chi connectivity index (χ1n) is 10.7. The molecule has 2 bridgehead atoms. The van der Waals surface area contributed by atoms with Crippen molar-refractivity contribution in [3.8, 4) is 0 Å². The summed E-state index contributed by atoms with van der Waals surface area (Å²) >= 11 is 0. The summed E-state index contributed by atoms with van der Waals surface area (Å²) in [4.78, 5) is 13.9. The van der Waals surface area contributed by atoms with E-state index in [4.69, 9.17) is 0 Å². The Bertz CT molecular complexity index is 712. The maximum Gasteiger partial charge on any atom is 0.146 e. The molecule has 0 unspecified atom stereocenters. The zero-order valence-electron chi connectivity index (χ0n) is 16.7. The third kappa shape index (κ3) is 1.61. The van der Waals surface area contributed by atoms with Crippen molar-refractivity contribution in [2.75, 3.05) is 0 Å². The predicted molar refractivity (Wildman–Crippen MR) is 102 cm³/mol. The summed E-state index contributed by atoms with van der Waals surface area (Å²) in [6, 6.07) is 0. The molecule has 25 heavy (non-hydrogen) atoms. The van der Waals surface area contributed by atoms with Crippen molar-refractivity contribution in [3.63, 3.8) is 0 Å². The second-order valence-electron chi connectivity index (χ2n) is 10.8. The van der Waals surface area contributed by atoms with Gasteiger partial charge >= 0.3 is 0 Å². The van der Waals surface area contributed by atoms with E-state index in [0.717, 1.165) is 6.42 Å². The number of hydrogen-bond donors (Lipinski definition) is 0. The summed E-state index contributed by atoms with van der Waals surface area (Å²) in [6.07, 6.45) is 12.2. The van der Waals surface area contributed by atoms with Gasteiger partial charge in [-0.05, 0) is 73.7 Å². The van der Waals surface area contributed by atoms with Gasteiger partial charge in [0.2, 0.25) is 0 Å². The fourth-order valence-electron chi connectivity index (χ4n) is 8.33. The number of allylic oxidation sites excluding steroid dienone is 4. The van der Waals surface area contributed by atoms with Crippen molar-refractivity contribution in [2.24, 2.45) is 45.8 Å². The summed E-state index contributed by atoms with van der Waals surface area (Å²) in [5, 5.41) is 0. The summed E-state index contributed by atoms with van der Waals surface area (Å²) in [5.74, 6) is 3.89. The summed E-state index contributed by atoms with van der Waals surface area (Å²) in [6.45, 7) is 11.9. The number of ketones is 1. The van der Waals surface area contributed by atoms with Gasteiger partial charge in [-0.25, -0.2) is 0 Å². The highest BCUT2D eigenvalue weighted by molar-refractivity contribution is 5.99. The van der Waals surface area contributed by atoms with E-state index < -0.39 is 0 Å². The molecule has 1 heteroatoms. The molecule has 0 aliphatic heterocycles. The highest BCUT2D eigenvalue weighted by Crippen LogP contribution is 2.78. The summed E-state index contributed by atoms with van der Waals surface area (Å²) in [7, 11) is 0. The van der Waals surface area contributed by atoms with Crippen molar-refractivity contribution >= 4 is 5.78 Å². The molecule has 4 fully saturated rings. The van der Waals surface area contributed by atoms with Crippen LogP contribution in [0.25, 0.3) is 0 Å². The van der Waals surface area contributed by atoms with Crippen LogP contribution in [0.4, 0.5) is 0 Å². The zero-order valence-corrected chi connectivity index (χ0v) is 16.7. The van der Waals surface area contributed by atoms with Crippen molar-refractivity contribution in [3.05, 3.63) is 23.3 Å². The first-order valence-corrected chi connectivity index (χ1v) is 10.7. The Morgan fingerprint density at radius 3 is 2.60 bits per heavy atom. The average molecular weight is 339 g/mol. The highest BCUT2D eigenvalue weighted by Gasteiger charge is 2.78. The SMILES string of the molecule is CC(C)C1=C2C[C@@]34C(=O)[C@@]5(CC[C@@H](C)[C@@H]3C[C@]2(C)C=C1)[C@@H]4CC[C@H]5C. The Balaban J connectivity index is 1.67. The van der Waals surface area contributed by atoms with E-state index >= 15 is 0 Å². The van der Waals surface area contributed by atoms with Gasteiger partial charge in [0, 0.05) is 16.2 Å². The molecule has 0 aromatic heterocycles. The van der Waals surface area contributed by atoms with Gasteiger partial charge in [0.05, 0.1) is 0 Å². The van der Waals surface area contributed by atoms with Crippen molar-refractivity contribution in [1.82, 2.24) is 0 Å². The van der Waals surface area contributed by atoms with E-state index in [9.17, 15) is 4.79 Å². The smallest absolute Gasteiger partial charge is 0.146 e. The molecule has 136 valence electrons. The highest BCUT2D eigenvalue weighted by atomic mass is 16.1. The largest absolute Gasteiger partial charge is 0.298 e. The van der Waals surface area contributed by atoms with Crippen LogP contribution in [0, 0.1) is 45.8 Å². The molecule has 4 saturated carbocycles. The number of hydrogen-bond acceptors (Lipinski definition) is 1. The number of carbonyl (C=O) groups is 1. The first-order chi connectivity index (χ1) is 11.8. The van der Waals surface area contributed by atoms with Crippen LogP contribution < -0.4 is 0 Å². The molecular weight excluding hydrogens is 304 g/mol. The topological polar surface area (TPSA) is 17.1 Å². The molecule has 5 aliphatic carbocycles. The quantitative estimate of drug-likeness (QED) is 0.577. The molecule has 0 N–H and O–H groups in total. The van der Waals surface area contributed by atoms with Gasteiger partial charge in [-0.2, -0.15) is 0 Å². The standard InChI is InChI=1S/C24H34O/c1-14(2)17-9-10-22(5)12-18-15(3)8-11-23-16(4)6-7-20(23)24(18,21(23)25)13-19(17)22/h9-10,14-16,18,20H,6-8,11-13H2,1-5H3/t15-,16-,18+,20+,22+,23-,24-/m1/s1. The Morgan fingerprint density at radius 1 is 1.12 bits per heavy atom. The van der Waals surface area contributed by atoms with Gasteiger partial charge in [0.15, 0.2) is 0 Å². The van der Waals surface area contributed by atoms with Gasteiger partial charge in [-0.1, -0.05) is 52.3 Å². The Labute approximate surface area is 153 Å². The van der Waals surface area contributed by atoms with Gasteiger partial charge in [-0.15, -0.1) is 0 Å². The van der Waals surface area contributed by atoms with E-state index in [-0.39, 0.29) is 16.2 Å². The maximum absolute atomic E-state index is 13.9. The van der Waals surface area contributed by atoms with Crippen molar-refractivity contribution in [1.29, 1.82) is 0 Å². The van der Waals surface area contributed by atoms with Gasteiger partial charge in [0.25, 0.3) is 0 Å². The minimum absolute atomic E-state index is 0.00167. The normalized spacial score (nSPS) is 53.4. The third-order valence-electron chi connectivity index (χ3n) is 9.62. The number of rotatable bonds is 1. The van der Waals surface area contributed by atoms with E-state index in [1.165, 1.54) is 32.1 Å². The lowest BCUT2D eigenvalue weighted by atomic mass is 9.36. The molecule has 2 spiro atoms. The monoisotopic (exact) mass is 338 g/mol. The molecule has 0 amide bonds. The molecular formula is C24H34O. The lowest BCUT2D eigenvalue weighted by Gasteiger charge is -2.65. The van der Waals surface area contributed by atoms with E-state index in [1.54, 1.807) is 11.1 Å². The Kier molecular flexibility index (Phi) is 3.07. The fourth-order valence-corrected chi connectivity index (χ4v) is 8.33. The molecule has 0 heterocycles. The molecule has 5 rings (SSSR count). The van der Waals surface area contributed by atoms with Crippen molar-refractivity contribution < 1.29 is 4.79 Å². The summed E-state index contributed by atoms with van der Waals surface area (Å²) < 4.78 is 0. The minimum Gasteiger partial charge on any atom is -0.298 e. The van der Waals surface area contributed by atoms with Crippen LogP contribution in [-0.2, 0) is 4.79 Å². The second-order valence-corrected chi connectivity index (χ2v) is 10.8. The lowest BCUT2D eigenvalue weighted by molar-refractivity contribution is -0.188. The molecule has 0 radical (unpaired) electrons. The average Bonchev–Trinajstić information content (AvgIpc) is 3.00. The molecule has 5 aliphatic rings. The first kappa shape index (κ1) is 16.3. The van der Waals surface area contributed by atoms with Crippen LogP contribution in [0.2, 0.25) is 0 Å². The Hall–Kier alpha value is -0.850. The Morgan fingerprint density at radius 2 is 1.88 bits per heavy atom. The van der Waals surface area contributed by atoms with Crippen LogP contribution in [0.3, 0.4) is 0 Å². The summed E-state index contributed by atoms with van der Waals surface area (Å²) in [5.41, 5.74) is 3.47. The van der Waals surface area contributed by atoms with Gasteiger partial charge in [-0.3, -0.25) is 4.79 Å². The van der Waals surface area contributed by atoms with Crippen LogP contribution >= 0.6 is 0 Å². The fraction of sp³-hybridized carbons (Fsp3) is 0.792. The minimum atomic E-state index is 0.00167. The number of carbonyl (C=O) groups excluding carboxylic acids is 1. The van der Waals surface area contributed by atoms with E-state index in [2.05, 4.69) is 46.8 Å². The van der Waals surface area contributed by atoms with E-state index in [1.807, 2.05) is 0 Å².